The molecule has 2 heterocycles. The van der Waals surface area contributed by atoms with E-state index in [1.165, 1.54) is 44.8 Å². The van der Waals surface area contributed by atoms with Gasteiger partial charge >= 0.3 is 0 Å². The lowest BCUT2D eigenvalue weighted by molar-refractivity contribution is -0.685. The molecular formula is C28H30N2+2. The maximum absolute atomic E-state index is 2.40. The van der Waals surface area contributed by atoms with Crippen molar-refractivity contribution in [2.45, 2.75) is 33.7 Å². The number of benzene rings is 2. The second-order valence-corrected chi connectivity index (χ2v) is 8.21. The zero-order valence-corrected chi connectivity index (χ0v) is 18.4. The fraction of sp³-hybridized carbons (Fsp3) is 0.214. The van der Waals surface area contributed by atoms with Crippen molar-refractivity contribution >= 4 is 0 Å². The highest BCUT2D eigenvalue weighted by atomic mass is 15.0. The topological polar surface area (TPSA) is 7.76 Å². The SMILES string of the molecule is Cc1ccc(-c2cc(C)cc[n+]2CCc2ccccc2-c2cccc[n+]2C)c(C)c1. The van der Waals surface area contributed by atoms with Crippen LogP contribution in [0.15, 0.2) is 85.2 Å². The summed E-state index contributed by atoms with van der Waals surface area (Å²) in [5.41, 5.74) is 10.4. The normalized spacial score (nSPS) is 10.9. The van der Waals surface area contributed by atoms with E-state index in [2.05, 4.69) is 122 Å². The molecule has 0 saturated carbocycles. The Kier molecular flexibility index (Phi) is 5.76. The van der Waals surface area contributed by atoms with Gasteiger partial charge in [0.2, 0.25) is 11.4 Å². The molecule has 0 amide bonds. The molecule has 2 aromatic heterocycles. The third-order valence-corrected chi connectivity index (χ3v) is 5.82. The molecular weight excluding hydrogens is 364 g/mol. The Bertz CT molecular complexity index is 1190. The van der Waals surface area contributed by atoms with Gasteiger partial charge in [-0.05, 0) is 55.7 Å². The Balaban J connectivity index is 1.69. The maximum atomic E-state index is 2.40. The molecule has 4 aromatic rings. The van der Waals surface area contributed by atoms with Crippen LogP contribution in [0, 0.1) is 20.8 Å². The monoisotopic (exact) mass is 394 g/mol. The zero-order chi connectivity index (χ0) is 21.1. The minimum atomic E-state index is 0.941. The molecule has 2 aromatic carbocycles. The van der Waals surface area contributed by atoms with E-state index in [1.54, 1.807) is 0 Å². The molecule has 0 spiro atoms. The van der Waals surface area contributed by atoms with Crippen LogP contribution < -0.4 is 9.13 Å². The number of hydrogen-bond donors (Lipinski definition) is 0. The number of aromatic nitrogens is 2. The number of pyridine rings is 2. The summed E-state index contributed by atoms with van der Waals surface area (Å²) in [4.78, 5) is 0. The number of aryl methyl sites for hydroxylation is 6. The summed E-state index contributed by atoms with van der Waals surface area (Å²) in [6.07, 6.45) is 5.32. The van der Waals surface area contributed by atoms with Crippen LogP contribution in [-0.2, 0) is 20.0 Å². The van der Waals surface area contributed by atoms with Crippen molar-refractivity contribution in [2.75, 3.05) is 0 Å². The first kappa shape index (κ1) is 20.0. The van der Waals surface area contributed by atoms with E-state index in [4.69, 9.17) is 0 Å². The quantitative estimate of drug-likeness (QED) is 0.406. The molecule has 30 heavy (non-hydrogen) atoms. The summed E-state index contributed by atoms with van der Waals surface area (Å²) < 4.78 is 4.59. The average Bonchev–Trinajstić information content (AvgIpc) is 2.74. The van der Waals surface area contributed by atoms with E-state index in [9.17, 15) is 0 Å². The van der Waals surface area contributed by atoms with Gasteiger partial charge in [0.1, 0.15) is 7.05 Å². The van der Waals surface area contributed by atoms with Gasteiger partial charge in [0.15, 0.2) is 18.9 Å². The molecule has 0 radical (unpaired) electrons. The van der Waals surface area contributed by atoms with Crippen LogP contribution in [0.3, 0.4) is 0 Å². The van der Waals surface area contributed by atoms with Crippen molar-refractivity contribution < 1.29 is 9.13 Å². The second kappa shape index (κ2) is 8.62. The van der Waals surface area contributed by atoms with Crippen molar-refractivity contribution in [2.24, 2.45) is 7.05 Å². The van der Waals surface area contributed by atoms with Gasteiger partial charge in [-0.25, -0.2) is 4.57 Å². The number of hydrogen-bond acceptors (Lipinski definition) is 0. The van der Waals surface area contributed by atoms with Gasteiger partial charge < -0.3 is 0 Å². The van der Waals surface area contributed by atoms with Gasteiger partial charge in [-0.1, -0.05) is 35.9 Å². The van der Waals surface area contributed by atoms with Crippen molar-refractivity contribution in [3.8, 4) is 22.5 Å². The summed E-state index contributed by atoms with van der Waals surface area (Å²) in [7, 11) is 2.11. The smallest absolute Gasteiger partial charge is 0.201 e. The van der Waals surface area contributed by atoms with Crippen molar-refractivity contribution in [1.29, 1.82) is 0 Å². The highest BCUT2D eigenvalue weighted by molar-refractivity contribution is 5.62. The van der Waals surface area contributed by atoms with E-state index < -0.39 is 0 Å². The van der Waals surface area contributed by atoms with Gasteiger partial charge in [0, 0.05) is 41.8 Å². The molecule has 0 aliphatic carbocycles. The Hall–Kier alpha value is -3.26. The lowest BCUT2D eigenvalue weighted by Crippen LogP contribution is -2.37. The van der Waals surface area contributed by atoms with Gasteiger partial charge in [-0.15, -0.1) is 0 Å². The molecule has 0 fully saturated rings. The number of rotatable bonds is 5. The number of nitrogens with zero attached hydrogens (tertiary/aromatic N) is 2. The molecule has 0 N–H and O–H groups in total. The van der Waals surface area contributed by atoms with Crippen molar-refractivity contribution in [1.82, 2.24) is 0 Å². The van der Waals surface area contributed by atoms with Gasteiger partial charge in [-0.2, -0.15) is 4.57 Å². The van der Waals surface area contributed by atoms with Crippen LogP contribution in [0.25, 0.3) is 22.5 Å². The summed E-state index contributed by atoms with van der Waals surface area (Å²) in [5, 5.41) is 0. The van der Waals surface area contributed by atoms with E-state index >= 15 is 0 Å². The van der Waals surface area contributed by atoms with Crippen LogP contribution in [0.2, 0.25) is 0 Å². The maximum Gasteiger partial charge on any atom is 0.213 e. The first-order chi connectivity index (χ1) is 14.5. The zero-order valence-electron chi connectivity index (χ0n) is 18.4. The Morgan fingerprint density at radius 3 is 2.23 bits per heavy atom. The molecule has 0 atom stereocenters. The molecule has 0 saturated heterocycles. The largest absolute Gasteiger partial charge is 0.213 e. The van der Waals surface area contributed by atoms with E-state index in [-0.39, 0.29) is 0 Å². The minimum Gasteiger partial charge on any atom is -0.201 e. The molecule has 0 unspecified atom stereocenters. The summed E-state index contributed by atoms with van der Waals surface area (Å²) in [6, 6.07) is 26.4. The predicted molar refractivity (Wildman–Crippen MR) is 123 cm³/mol. The highest BCUT2D eigenvalue weighted by Crippen LogP contribution is 2.24. The van der Waals surface area contributed by atoms with Crippen LogP contribution >= 0.6 is 0 Å². The van der Waals surface area contributed by atoms with Gasteiger partial charge in [0.25, 0.3) is 0 Å². The molecule has 2 nitrogen and oxygen atoms in total. The first-order valence-electron chi connectivity index (χ1n) is 10.6. The Morgan fingerprint density at radius 1 is 0.667 bits per heavy atom. The van der Waals surface area contributed by atoms with Crippen molar-refractivity contribution in [3.63, 3.8) is 0 Å². The van der Waals surface area contributed by atoms with Crippen LogP contribution in [0.5, 0.6) is 0 Å². The summed E-state index contributed by atoms with van der Waals surface area (Å²) >= 11 is 0. The molecule has 0 aliphatic heterocycles. The lowest BCUT2D eigenvalue weighted by atomic mass is 9.99. The fourth-order valence-corrected chi connectivity index (χ4v) is 4.20. The van der Waals surface area contributed by atoms with Gasteiger partial charge in [-0.3, -0.25) is 0 Å². The summed E-state index contributed by atoms with van der Waals surface area (Å²) in [5.74, 6) is 0. The molecule has 150 valence electrons. The standard InChI is InChI=1S/C28H30N2/c1-21-12-13-25(23(3)19-21)28-20-22(2)14-17-30(28)18-15-24-9-5-6-10-26(24)27-11-7-8-16-29(27)4/h5-14,16-17,19-20H,15,18H2,1-4H3/q+2. The molecule has 0 aliphatic rings. The van der Waals surface area contributed by atoms with Crippen LogP contribution in [0.4, 0.5) is 0 Å². The van der Waals surface area contributed by atoms with Crippen LogP contribution in [0.1, 0.15) is 22.3 Å². The van der Waals surface area contributed by atoms with Crippen LogP contribution in [-0.4, -0.2) is 0 Å². The van der Waals surface area contributed by atoms with E-state index in [0.717, 1.165) is 13.0 Å². The molecule has 0 bridgehead atoms. The molecule has 4 rings (SSSR count). The predicted octanol–water partition coefficient (Wildman–Crippen LogP) is 5.30. The Labute approximate surface area is 180 Å². The van der Waals surface area contributed by atoms with Crippen molar-refractivity contribution in [3.05, 3.63) is 107 Å². The lowest BCUT2D eigenvalue weighted by Gasteiger charge is -2.10. The third-order valence-electron chi connectivity index (χ3n) is 5.82. The second-order valence-electron chi connectivity index (χ2n) is 8.21. The summed E-state index contributed by atoms with van der Waals surface area (Å²) in [6.45, 7) is 7.47. The van der Waals surface area contributed by atoms with Gasteiger partial charge in [0.05, 0.1) is 0 Å². The minimum absolute atomic E-state index is 0.941. The van der Waals surface area contributed by atoms with E-state index in [1.807, 2.05) is 0 Å². The third kappa shape index (κ3) is 4.18. The fourth-order valence-electron chi connectivity index (χ4n) is 4.20. The Morgan fingerprint density at radius 2 is 1.43 bits per heavy atom. The average molecular weight is 395 g/mol. The first-order valence-corrected chi connectivity index (χ1v) is 10.6. The highest BCUT2D eigenvalue weighted by Gasteiger charge is 2.18. The molecule has 2 heteroatoms. The van der Waals surface area contributed by atoms with E-state index in [0.29, 0.717) is 0 Å².